The van der Waals surface area contributed by atoms with Gasteiger partial charge in [-0.1, -0.05) is 0 Å². The molecule has 1 aromatic rings. The number of imidazole rings is 1. The number of hydrogen-bond donors (Lipinski definition) is 4. The Bertz CT molecular complexity index is 520. The summed E-state index contributed by atoms with van der Waals surface area (Å²) in [5.74, 6) is -0.291. The fraction of sp³-hybridized carbons (Fsp3) is 0.643. The Morgan fingerprint density at radius 1 is 1.48 bits per heavy atom. The first kappa shape index (κ1) is 13.9. The van der Waals surface area contributed by atoms with Crippen molar-refractivity contribution >= 4 is 12.0 Å². The smallest absolute Gasteiger partial charge is 0.326 e. The van der Waals surface area contributed by atoms with Gasteiger partial charge in [-0.25, -0.2) is 14.6 Å². The number of urea groups is 1. The van der Waals surface area contributed by atoms with Gasteiger partial charge in [-0.2, -0.15) is 0 Å². The summed E-state index contributed by atoms with van der Waals surface area (Å²) < 4.78 is 0. The first-order valence-corrected chi connectivity index (χ1v) is 7.33. The van der Waals surface area contributed by atoms with Crippen molar-refractivity contribution in [1.82, 2.24) is 20.6 Å². The summed E-state index contributed by atoms with van der Waals surface area (Å²) >= 11 is 0. The fourth-order valence-electron chi connectivity index (χ4n) is 2.87. The van der Waals surface area contributed by atoms with Gasteiger partial charge in [0.15, 0.2) is 0 Å². The van der Waals surface area contributed by atoms with Crippen LogP contribution in [0.1, 0.15) is 31.4 Å². The molecular formula is C14H20N4O3. The van der Waals surface area contributed by atoms with Crippen molar-refractivity contribution in [1.29, 1.82) is 0 Å². The SMILES string of the molecule is O=C(NCC1(C2CC2)CC1)N[C@@H](Cc1cnc[nH]1)C(=O)O. The van der Waals surface area contributed by atoms with Gasteiger partial charge in [0.05, 0.1) is 6.33 Å². The van der Waals surface area contributed by atoms with Gasteiger partial charge < -0.3 is 20.7 Å². The van der Waals surface area contributed by atoms with Gasteiger partial charge in [0, 0.05) is 24.9 Å². The number of aliphatic carboxylic acids is 1. The third-order valence-electron chi connectivity index (χ3n) is 4.52. The Kier molecular flexibility index (Phi) is 3.57. The fourth-order valence-corrected chi connectivity index (χ4v) is 2.87. The van der Waals surface area contributed by atoms with Crippen molar-refractivity contribution in [2.45, 2.75) is 38.1 Å². The van der Waals surface area contributed by atoms with Crippen LogP contribution in [0.15, 0.2) is 12.5 Å². The first-order chi connectivity index (χ1) is 10.1. The molecule has 7 heteroatoms. The lowest BCUT2D eigenvalue weighted by Crippen LogP contribution is -2.48. The lowest BCUT2D eigenvalue weighted by Gasteiger charge is -2.18. The number of nitrogens with zero attached hydrogens (tertiary/aromatic N) is 1. The standard InChI is InChI=1S/C14H20N4O3/c19-12(20)11(5-10-6-15-8-17-10)18-13(21)16-7-14(3-4-14)9-1-2-9/h6,8-9,11H,1-5,7H2,(H,15,17)(H,19,20)(H2,16,18,21)/t11-/m0/s1. The Labute approximate surface area is 122 Å². The molecule has 2 aliphatic carbocycles. The number of rotatable bonds is 7. The van der Waals surface area contributed by atoms with E-state index in [4.69, 9.17) is 0 Å². The van der Waals surface area contributed by atoms with Gasteiger partial charge >= 0.3 is 12.0 Å². The van der Waals surface area contributed by atoms with Crippen molar-refractivity contribution in [3.8, 4) is 0 Å². The van der Waals surface area contributed by atoms with Crippen molar-refractivity contribution in [2.24, 2.45) is 11.3 Å². The average molecular weight is 292 g/mol. The zero-order chi connectivity index (χ0) is 14.9. The van der Waals surface area contributed by atoms with Crippen LogP contribution >= 0.6 is 0 Å². The number of aromatic nitrogens is 2. The van der Waals surface area contributed by atoms with Crippen LogP contribution in [0.3, 0.4) is 0 Å². The second-order valence-corrected chi connectivity index (χ2v) is 6.14. The monoisotopic (exact) mass is 292 g/mol. The Balaban J connectivity index is 1.48. The van der Waals surface area contributed by atoms with Crippen LogP contribution in [0, 0.1) is 11.3 Å². The van der Waals surface area contributed by atoms with Gasteiger partial charge in [-0.3, -0.25) is 0 Å². The highest BCUT2D eigenvalue weighted by Gasteiger charge is 2.53. The van der Waals surface area contributed by atoms with Crippen molar-refractivity contribution in [2.75, 3.05) is 6.54 Å². The third-order valence-corrected chi connectivity index (χ3v) is 4.52. The van der Waals surface area contributed by atoms with Gasteiger partial charge in [-0.05, 0) is 37.0 Å². The summed E-state index contributed by atoms with van der Waals surface area (Å²) in [6.07, 6.45) is 8.11. The van der Waals surface area contributed by atoms with Crippen LogP contribution in [-0.4, -0.2) is 39.7 Å². The Hall–Kier alpha value is -2.05. The molecule has 21 heavy (non-hydrogen) atoms. The molecular weight excluding hydrogens is 272 g/mol. The van der Waals surface area contributed by atoms with E-state index >= 15 is 0 Å². The van der Waals surface area contributed by atoms with Gasteiger partial charge in [0.25, 0.3) is 0 Å². The van der Waals surface area contributed by atoms with Gasteiger partial charge in [0.1, 0.15) is 6.04 Å². The number of amides is 2. The minimum atomic E-state index is -1.05. The third kappa shape index (κ3) is 3.34. The molecule has 0 spiro atoms. The minimum absolute atomic E-state index is 0.191. The number of hydrogen-bond acceptors (Lipinski definition) is 3. The van der Waals surface area contributed by atoms with Crippen LogP contribution in [0.25, 0.3) is 0 Å². The maximum atomic E-state index is 11.9. The second kappa shape index (κ2) is 5.38. The van der Waals surface area contributed by atoms with E-state index in [0.29, 0.717) is 17.7 Å². The van der Waals surface area contributed by atoms with Crippen LogP contribution in [0.5, 0.6) is 0 Å². The molecule has 1 atom stereocenters. The van der Waals surface area contributed by atoms with Crippen LogP contribution in [0.4, 0.5) is 4.79 Å². The molecule has 0 saturated heterocycles. The maximum Gasteiger partial charge on any atom is 0.326 e. The number of nitrogens with one attached hydrogen (secondary N) is 3. The van der Waals surface area contributed by atoms with Crippen LogP contribution < -0.4 is 10.6 Å². The largest absolute Gasteiger partial charge is 0.480 e. The zero-order valence-electron chi connectivity index (χ0n) is 11.8. The molecule has 4 N–H and O–H groups in total. The topological polar surface area (TPSA) is 107 Å². The highest BCUT2D eigenvalue weighted by Crippen LogP contribution is 2.60. The number of carboxylic acids is 1. The van der Waals surface area contributed by atoms with Crippen LogP contribution in [0.2, 0.25) is 0 Å². The first-order valence-electron chi connectivity index (χ1n) is 7.33. The molecule has 0 aromatic carbocycles. The molecule has 0 aliphatic heterocycles. The molecule has 1 heterocycles. The van der Waals surface area contributed by atoms with E-state index in [2.05, 4.69) is 20.6 Å². The molecule has 3 rings (SSSR count). The average Bonchev–Trinajstić information content (AvgIpc) is 3.35. The number of aromatic amines is 1. The predicted octanol–water partition coefficient (Wildman–Crippen LogP) is 0.895. The highest BCUT2D eigenvalue weighted by atomic mass is 16.4. The summed E-state index contributed by atoms with van der Waals surface area (Å²) in [6.45, 7) is 0.653. The summed E-state index contributed by atoms with van der Waals surface area (Å²) in [4.78, 5) is 29.8. The molecule has 1 aromatic heterocycles. The molecule has 114 valence electrons. The highest BCUT2D eigenvalue weighted by molar-refractivity contribution is 5.82. The molecule has 2 fully saturated rings. The lowest BCUT2D eigenvalue weighted by atomic mass is 10.0. The second-order valence-electron chi connectivity index (χ2n) is 6.14. The predicted molar refractivity (Wildman–Crippen MR) is 74.6 cm³/mol. The molecule has 0 radical (unpaired) electrons. The van der Waals surface area contributed by atoms with E-state index in [0.717, 1.165) is 5.92 Å². The van der Waals surface area contributed by atoms with E-state index in [9.17, 15) is 14.7 Å². The normalized spacial score (nSPS) is 20.6. The summed E-state index contributed by atoms with van der Waals surface area (Å²) in [6, 6.07) is -1.37. The molecule has 7 nitrogen and oxygen atoms in total. The molecule has 0 bridgehead atoms. The van der Waals surface area contributed by atoms with Crippen LogP contribution in [-0.2, 0) is 11.2 Å². The summed E-state index contributed by atoms with van der Waals surface area (Å²) in [5, 5.41) is 14.5. The summed E-state index contributed by atoms with van der Waals surface area (Å²) in [5.41, 5.74) is 0.985. The van der Waals surface area contributed by atoms with E-state index < -0.39 is 18.0 Å². The van der Waals surface area contributed by atoms with Crippen molar-refractivity contribution < 1.29 is 14.7 Å². The quantitative estimate of drug-likeness (QED) is 0.598. The molecule has 2 saturated carbocycles. The van der Waals surface area contributed by atoms with E-state index in [1.54, 1.807) is 6.20 Å². The Morgan fingerprint density at radius 2 is 2.24 bits per heavy atom. The van der Waals surface area contributed by atoms with Crippen molar-refractivity contribution in [3.63, 3.8) is 0 Å². The maximum absolute atomic E-state index is 11.9. The van der Waals surface area contributed by atoms with E-state index in [1.807, 2.05) is 0 Å². The van der Waals surface area contributed by atoms with Gasteiger partial charge in [-0.15, -0.1) is 0 Å². The van der Waals surface area contributed by atoms with E-state index in [1.165, 1.54) is 32.0 Å². The number of carbonyl (C=O) groups excluding carboxylic acids is 1. The molecule has 0 unspecified atom stereocenters. The summed E-state index contributed by atoms with van der Waals surface area (Å²) in [7, 11) is 0. The number of carbonyl (C=O) groups is 2. The molecule has 2 aliphatic rings. The zero-order valence-corrected chi connectivity index (χ0v) is 11.8. The Morgan fingerprint density at radius 3 is 2.76 bits per heavy atom. The lowest BCUT2D eigenvalue weighted by molar-refractivity contribution is -0.139. The van der Waals surface area contributed by atoms with Gasteiger partial charge in [0.2, 0.25) is 0 Å². The number of H-pyrrole nitrogens is 1. The minimum Gasteiger partial charge on any atom is -0.480 e. The van der Waals surface area contributed by atoms with Crippen molar-refractivity contribution in [3.05, 3.63) is 18.2 Å². The number of carboxylic acid groups (broad SMARTS) is 1. The molecule has 2 amide bonds. The van der Waals surface area contributed by atoms with E-state index in [-0.39, 0.29) is 6.42 Å².